The Kier molecular flexibility index (Phi) is 2.68. The number of ether oxygens (including phenoxy) is 4. The second-order valence-electron chi connectivity index (χ2n) is 7.45. The molecule has 0 aromatic heterocycles. The van der Waals surface area contributed by atoms with Crippen LogP contribution in [0.2, 0.25) is 0 Å². The molecule has 0 fully saturated rings. The largest absolute Gasteiger partial charge is 0.493 e. The molecule has 1 amide bonds. The maximum Gasteiger partial charge on any atom is 0.227 e. The van der Waals surface area contributed by atoms with Gasteiger partial charge in [-0.1, -0.05) is 0 Å². The number of carbonyl (C=O) groups excluding carboxylic acids is 1. The first kappa shape index (κ1) is 8.63. The molecule has 7 nitrogen and oxygen atoms in total. The second kappa shape index (κ2) is 10.6. The van der Waals surface area contributed by atoms with Gasteiger partial charge in [-0.2, -0.15) is 0 Å². The van der Waals surface area contributed by atoms with Crippen LogP contribution in [0.3, 0.4) is 0 Å². The molecule has 0 spiro atoms. The van der Waals surface area contributed by atoms with Gasteiger partial charge in [-0.05, 0) is 79.2 Å². The molecule has 0 N–H and O–H groups in total. The zero-order valence-electron chi connectivity index (χ0n) is 40.7. The van der Waals surface area contributed by atoms with Gasteiger partial charge in [-0.3, -0.25) is 4.79 Å². The lowest BCUT2D eigenvalue weighted by Gasteiger charge is -2.34. The van der Waals surface area contributed by atoms with Crippen LogP contribution in [0.4, 0.5) is 0 Å². The van der Waals surface area contributed by atoms with Crippen molar-refractivity contribution in [2.24, 2.45) is 0 Å². The van der Waals surface area contributed by atoms with Crippen LogP contribution in [0.5, 0.6) is 23.0 Å². The minimum absolute atomic E-state index is 0.0733. The van der Waals surface area contributed by atoms with Crippen LogP contribution in [-0.4, -0.2) is 76.9 Å². The van der Waals surface area contributed by atoms with Crippen molar-refractivity contribution >= 4 is 5.91 Å². The van der Waals surface area contributed by atoms with Crippen LogP contribution in [0.25, 0.3) is 0 Å². The Hall–Kier alpha value is -2.93. The fourth-order valence-electron chi connectivity index (χ4n) is 3.72. The predicted molar refractivity (Wildman–Crippen MR) is 132 cm³/mol. The molecule has 1 atom stereocenters. The standard InChI is InChI=1S/C27H36N2O5/c1-28(17-21-11-20-14-25(33-4)26(34-5)16-22(20)21)8-6-9-29-10-7-18-12-23(31-2)24(32-3)13-19(18)15-27(29)30/h12-14,16,21H,6-11,15,17H2,1-5H3/i1D3,2D3,3D3,4D3,5D3,7D2,8D2,10D2,17D2. The molecule has 184 valence electrons. The molecule has 7 heteroatoms. The average Bonchev–Trinajstić information content (AvgIpc) is 2.97. The zero-order chi connectivity index (χ0) is 43.9. The van der Waals surface area contributed by atoms with E-state index in [0.29, 0.717) is 6.07 Å². The predicted octanol–water partition coefficient (Wildman–Crippen LogP) is 3.31. The van der Waals surface area contributed by atoms with Gasteiger partial charge in [0.25, 0.3) is 0 Å². The van der Waals surface area contributed by atoms with E-state index in [0.717, 1.165) is 18.2 Å². The number of benzene rings is 2. The zero-order valence-corrected chi connectivity index (χ0v) is 17.7. The number of hydrogen-bond donors (Lipinski definition) is 0. The summed E-state index contributed by atoms with van der Waals surface area (Å²) in [6.45, 7) is -14.5. The molecular weight excluding hydrogens is 432 g/mol. The Morgan fingerprint density at radius 1 is 1.00 bits per heavy atom. The first-order valence-corrected chi connectivity index (χ1v) is 9.98. The Morgan fingerprint density at radius 2 is 1.65 bits per heavy atom. The molecule has 0 radical (unpaired) electrons. The second-order valence-corrected chi connectivity index (χ2v) is 7.45. The van der Waals surface area contributed by atoms with E-state index in [2.05, 4.69) is 0 Å². The molecule has 1 heterocycles. The third-order valence-electron chi connectivity index (χ3n) is 5.47. The smallest absolute Gasteiger partial charge is 0.227 e. The van der Waals surface area contributed by atoms with E-state index in [1.54, 1.807) is 0 Å². The van der Waals surface area contributed by atoms with Crippen molar-refractivity contribution in [2.75, 3.05) is 61.2 Å². The highest BCUT2D eigenvalue weighted by molar-refractivity contribution is 5.80. The number of methoxy groups -OCH3 is 4. The highest BCUT2D eigenvalue weighted by atomic mass is 16.5. The molecule has 1 unspecified atom stereocenters. The molecule has 2 aromatic carbocycles. The van der Waals surface area contributed by atoms with Crippen molar-refractivity contribution in [3.8, 4) is 23.0 Å². The lowest BCUT2D eigenvalue weighted by molar-refractivity contribution is -0.130. The first-order valence-electron chi connectivity index (χ1n) is 21.5. The number of likely N-dealkylation sites (N-methyl/N-ethyl adjacent to an activating group) is 1. The quantitative estimate of drug-likeness (QED) is 0.508. The lowest BCUT2D eigenvalue weighted by atomic mass is 9.77. The number of nitrogens with zero attached hydrogens (tertiary/aromatic N) is 2. The minimum atomic E-state index is -3.59. The van der Waals surface area contributed by atoms with Crippen LogP contribution < -0.4 is 18.9 Å². The summed E-state index contributed by atoms with van der Waals surface area (Å²) in [5.41, 5.74) is -0.885. The maximum atomic E-state index is 13.6. The van der Waals surface area contributed by atoms with Crippen LogP contribution in [0, 0.1) is 0 Å². The van der Waals surface area contributed by atoms with Gasteiger partial charge in [0.2, 0.25) is 5.91 Å². The first-order chi connectivity index (χ1) is 25.3. The molecule has 4 rings (SSSR count). The number of fused-ring (bicyclic) bond motifs is 2. The highest BCUT2D eigenvalue weighted by Gasteiger charge is 2.29. The summed E-state index contributed by atoms with van der Waals surface area (Å²) in [7, 11) is -12.6. The van der Waals surface area contributed by atoms with Gasteiger partial charge in [0.15, 0.2) is 23.0 Å². The monoisotopic (exact) mass is 491 g/mol. The summed E-state index contributed by atoms with van der Waals surface area (Å²) >= 11 is 0. The van der Waals surface area contributed by atoms with Crippen LogP contribution in [0.1, 0.15) is 66.1 Å². The summed E-state index contributed by atoms with van der Waals surface area (Å²) in [5.74, 6) is -5.49. The van der Waals surface area contributed by atoms with Crippen molar-refractivity contribution in [3.05, 3.63) is 46.5 Å². The number of hydrogen-bond acceptors (Lipinski definition) is 6. The van der Waals surface area contributed by atoms with E-state index >= 15 is 0 Å². The van der Waals surface area contributed by atoms with Gasteiger partial charge in [-0.25, -0.2) is 0 Å². The Morgan fingerprint density at radius 3 is 2.32 bits per heavy atom. The Balaban J connectivity index is 1.71. The molecule has 0 saturated carbocycles. The van der Waals surface area contributed by atoms with Crippen molar-refractivity contribution in [1.82, 2.24) is 9.80 Å². The third kappa shape index (κ3) is 4.94. The van der Waals surface area contributed by atoms with E-state index in [9.17, 15) is 4.79 Å². The summed E-state index contributed by atoms with van der Waals surface area (Å²) in [5, 5.41) is 0. The molecule has 34 heavy (non-hydrogen) atoms. The molecule has 0 bridgehead atoms. The summed E-state index contributed by atoms with van der Waals surface area (Å²) < 4.78 is 203. The number of amides is 1. The van der Waals surface area contributed by atoms with E-state index in [1.165, 1.54) is 0 Å². The van der Waals surface area contributed by atoms with Crippen molar-refractivity contribution in [1.29, 1.82) is 0 Å². The van der Waals surface area contributed by atoms with Gasteiger partial charge in [0, 0.05) is 40.5 Å². The number of carbonyl (C=O) groups is 1. The van der Waals surface area contributed by atoms with Crippen LogP contribution >= 0.6 is 0 Å². The van der Waals surface area contributed by atoms with Crippen LogP contribution in [0.15, 0.2) is 24.3 Å². The van der Waals surface area contributed by atoms with Crippen molar-refractivity contribution in [2.45, 2.75) is 31.6 Å². The molecule has 2 aliphatic rings. The topological polar surface area (TPSA) is 60.5 Å². The molecule has 1 aliphatic carbocycles. The normalized spacial score (nSPS) is 32.6. The van der Waals surface area contributed by atoms with Crippen LogP contribution in [-0.2, 0) is 24.0 Å². The van der Waals surface area contributed by atoms with Gasteiger partial charge in [0.1, 0.15) is 0 Å². The van der Waals surface area contributed by atoms with E-state index in [4.69, 9.17) is 50.5 Å². The number of rotatable bonds is 10. The fraction of sp³-hybridized carbons (Fsp3) is 0.519. The SMILES string of the molecule is [2H]C([2H])([2H])Oc1cc2c(cc1OC([2H])([2H])[2H])C(C([2H])([2H])N(C([2H])([2H])[2H])C([2H])([2H])CCN1C(=O)Cc3cc(OC([2H])([2H])[2H])c(OC([2H])([2H])[2H])cc3C([2H])([2H])C1([2H])[2H])C2. The van der Waals surface area contributed by atoms with Gasteiger partial charge in [0.05, 0.1) is 51.0 Å². The Bertz CT molecular complexity index is 1850. The van der Waals surface area contributed by atoms with Gasteiger partial charge < -0.3 is 28.7 Å². The van der Waals surface area contributed by atoms with Crippen molar-refractivity contribution < 1.29 is 55.3 Å². The molecule has 1 aliphatic heterocycles. The number of aryl methyl sites for hydroxylation is 1. The average molecular weight is 492 g/mol. The van der Waals surface area contributed by atoms with E-state index in [1.807, 2.05) is 0 Å². The third-order valence-corrected chi connectivity index (χ3v) is 5.47. The summed E-state index contributed by atoms with van der Waals surface area (Å²) in [6.07, 6.45) is -5.62. The van der Waals surface area contributed by atoms with E-state index < -0.39 is 121 Å². The van der Waals surface area contributed by atoms with Gasteiger partial charge >= 0.3 is 0 Å². The van der Waals surface area contributed by atoms with E-state index in [-0.39, 0.29) is 32.9 Å². The minimum Gasteiger partial charge on any atom is -0.493 e. The fourth-order valence-corrected chi connectivity index (χ4v) is 3.72. The molecule has 0 saturated heterocycles. The molecular formula is C27H36N2O5. The Labute approximate surface area is 234 Å². The van der Waals surface area contributed by atoms with Crippen molar-refractivity contribution in [3.63, 3.8) is 0 Å². The summed E-state index contributed by atoms with van der Waals surface area (Å²) in [6, 6.07) is 3.48. The highest BCUT2D eigenvalue weighted by Crippen LogP contribution is 2.42. The molecule has 2 aromatic rings. The lowest BCUT2D eigenvalue weighted by Crippen LogP contribution is -2.36. The van der Waals surface area contributed by atoms with Gasteiger partial charge in [-0.15, -0.1) is 0 Å². The maximum absolute atomic E-state index is 13.6. The summed E-state index contributed by atoms with van der Waals surface area (Å²) in [4.78, 5) is 13.8.